The van der Waals surface area contributed by atoms with E-state index in [1.165, 1.54) is 35.2 Å². The number of nitrogens with two attached hydrogens (primary N) is 1. The van der Waals surface area contributed by atoms with E-state index in [1.54, 1.807) is 19.2 Å². The molecule has 0 heterocycles. The first-order valence-electron chi connectivity index (χ1n) is 5.57. The summed E-state index contributed by atoms with van der Waals surface area (Å²) in [6, 6.07) is 10.3. The second-order valence-electron chi connectivity index (χ2n) is 4.07. The highest BCUT2D eigenvalue weighted by Crippen LogP contribution is 2.22. The van der Waals surface area contributed by atoms with E-state index in [0.717, 1.165) is 0 Å². The van der Waals surface area contributed by atoms with Crippen LogP contribution in [0, 0.1) is 5.82 Å². The molecule has 1 amide bonds. The maximum Gasteiger partial charge on any atom is 0.260 e. The van der Waals surface area contributed by atoms with Gasteiger partial charge >= 0.3 is 0 Å². The van der Waals surface area contributed by atoms with E-state index in [-0.39, 0.29) is 11.7 Å². The number of anilines is 2. The lowest BCUT2D eigenvalue weighted by molar-refractivity contribution is 0.0994. The predicted molar refractivity (Wildman–Crippen MR) is 75.0 cm³/mol. The summed E-state index contributed by atoms with van der Waals surface area (Å²) in [5.41, 5.74) is 7.01. The van der Waals surface area contributed by atoms with Crippen LogP contribution in [0.4, 0.5) is 15.8 Å². The van der Waals surface area contributed by atoms with Crippen LogP contribution in [0.15, 0.2) is 42.5 Å². The fraction of sp³-hybridized carbons (Fsp3) is 0.0714. The summed E-state index contributed by atoms with van der Waals surface area (Å²) in [5, 5.41) is 0.435. The number of hydrogen-bond donors (Lipinski definition) is 1. The normalized spacial score (nSPS) is 10.3. The summed E-state index contributed by atoms with van der Waals surface area (Å²) >= 11 is 5.86. The maximum atomic E-state index is 12.9. The Morgan fingerprint density at radius 3 is 2.47 bits per heavy atom. The van der Waals surface area contributed by atoms with Gasteiger partial charge in [0, 0.05) is 23.4 Å². The Bertz CT molecular complexity index is 613. The highest BCUT2D eigenvalue weighted by atomic mass is 35.5. The fourth-order valence-electron chi connectivity index (χ4n) is 1.68. The van der Waals surface area contributed by atoms with Crippen LogP contribution in [0.2, 0.25) is 5.02 Å². The molecule has 0 saturated carbocycles. The molecule has 0 aliphatic carbocycles. The molecule has 0 unspecified atom stereocenters. The van der Waals surface area contributed by atoms with Gasteiger partial charge in [0.15, 0.2) is 0 Å². The van der Waals surface area contributed by atoms with E-state index < -0.39 is 0 Å². The summed E-state index contributed by atoms with van der Waals surface area (Å²) in [4.78, 5) is 13.7. The highest BCUT2D eigenvalue weighted by Gasteiger charge is 2.16. The molecule has 2 aromatic carbocycles. The molecule has 2 rings (SSSR count). The Hall–Kier alpha value is -2.07. The first-order valence-corrected chi connectivity index (χ1v) is 5.95. The molecular weight excluding hydrogens is 267 g/mol. The van der Waals surface area contributed by atoms with Gasteiger partial charge in [-0.2, -0.15) is 0 Å². The number of carbonyl (C=O) groups is 1. The summed E-state index contributed by atoms with van der Waals surface area (Å²) in [7, 11) is 1.59. The van der Waals surface area contributed by atoms with Gasteiger partial charge in [-0.25, -0.2) is 4.39 Å². The maximum absolute atomic E-state index is 12.9. The molecule has 2 N–H and O–H groups in total. The van der Waals surface area contributed by atoms with E-state index in [0.29, 0.717) is 22.0 Å². The molecular formula is C14H12ClFN2O. The third-order valence-electron chi connectivity index (χ3n) is 2.76. The minimum absolute atomic E-state index is 0.299. The van der Waals surface area contributed by atoms with Gasteiger partial charge in [-0.15, -0.1) is 0 Å². The largest absolute Gasteiger partial charge is 0.398 e. The van der Waals surface area contributed by atoms with Crippen molar-refractivity contribution < 1.29 is 9.18 Å². The molecule has 0 aliphatic rings. The van der Waals surface area contributed by atoms with Crippen molar-refractivity contribution in [3.63, 3.8) is 0 Å². The van der Waals surface area contributed by atoms with Crippen molar-refractivity contribution in [1.29, 1.82) is 0 Å². The zero-order chi connectivity index (χ0) is 14.0. The number of benzene rings is 2. The molecule has 5 heteroatoms. The van der Waals surface area contributed by atoms with E-state index in [1.807, 2.05) is 0 Å². The Labute approximate surface area is 115 Å². The van der Waals surface area contributed by atoms with Crippen molar-refractivity contribution in [1.82, 2.24) is 0 Å². The second kappa shape index (κ2) is 5.28. The van der Waals surface area contributed by atoms with Gasteiger partial charge in [-0.05, 0) is 42.5 Å². The lowest BCUT2D eigenvalue weighted by Crippen LogP contribution is -2.27. The van der Waals surface area contributed by atoms with Gasteiger partial charge in [0.2, 0.25) is 0 Å². The molecule has 0 atom stereocenters. The topological polar surface area (TPSA) is 46.3 Å². The number of hydrogen-bond acceptors (Lipinski definition) is 2. The molecule has 0 bridgehead atoms. The van der Waals surface area contributed by atoms with Gasteiger partial charge in [-0.1, -0.05) is 11.6 Å². The molecule has 2 aromatic rings. The third-order valence-corrected chi connectivity index (χ3v) is 3.00. The Morgan fingerprint density at radius 1 is 1.21 bits per heavy atom. The van der Waals surface area contributed by atoms with Crippen LogP contribution in [0.5, 0.6) is 0 Å². The van der Waals surface area contributed by atoms with E-state index in [4.69, 9.17) is 17.3 Å². The molecule has 0 aromatic heterocycles. The minimum atomic E-state index is -0.355. The van der Waals surface area contributed by atoms with Gasteiger partial charge in [0.1, 0.15) is 5.82 Å². The summed E-state index contributed by atoms with van der Waals surface area (Å²) in [5.74, 6) is -0.654. The Kier molecular flexibility index (Phi) is 3.71. The van der Waals surface area contributed by atoms with Gasteiger partial charge in [0.25, 0.3) is 5.91 Å². The third kappa shape index (κ3) is 2.85. The first kappa shape index (κ1) is 13.4. The number of amides is 1. The second-order valence-corrected chi connectivity index (χ2v) is 4.51. The molecule has 3 nitrogen and oxygen atoms in total. The quantitative estimate of drug-likeness (QED) is 0.857. The van der Waals surface area contributed by atoms with Crippen LogP contribution in [-0.4, -0.2) is 13.0 Å². The summed E-state index contributed by atoms with van der Waals surface area (Å²) < 4.78 is 12.9. The van der Waals surface area contributed by atoms with E-state index in [9.17, 15) is 9.18 Å². The molecule has 0 aliphatic heterocycles. The van der Waals surface area contributed by atoms with Gasteiger partial charge in [-0.3, -0.25) is 4.79 Å². The SMILES string of the molecule is CN(C(=O)c1cc(Cl)ccc1N)c1ccc(F)cc1. The summed E-state index contributed by atoms with van der Waals surface area (Å²) in [6.07, 6.45) is 0. The predicted octanol–water partition coefficient (Wildman–Crippen LogP) is 3.34. The number of nitrogen functional groups attached to an aromatic ring is 1. The lowest BCUT2D eigenvalue weighted by atomic mass is 10.1. The monoisotopic (exact) mass is 278 g/mol. The van der Waals surface area contributed by atoms with Crippen LogP contribution in [0.1, 0.15) is 10.4 Å². The van der Waals surface area contributed by atoms with E-state index in [2.05, 4.69) is 0 Å². The van der Waals surface area contributed by atoms with Gasteiger partial charge < -0.3 is 10.6 Å². The average Bonchev–Trinajstić information content (AvgIpc) is 2.41. The van der Waals surface area contributed by atoms with E-state index >= 15 is 0 Å². The number of halogens is 2. The molecule has 0 spiro atoms. The Morgan fingerprint density at radius 2 is 1.84 bits per heavy atom. The number of carbonyl (C=O) groups excluding carboxylic acids is 1. The minimum Gasteiger partial charge on any atom is -0.398 e. The molecule has 98 valence electrons. The van der Waals surface area contributed by atoms with Crippen molar-refractivity contribution in [2.45, 2.75) is 0 Å². The summed E-state index contributed by atoms with van der Waals surface area (Å²) in [6.45, 7) is 0. The zero-order valence-corrected chi connectivity index (χ0v) is 11.0. The smallest absolute Gasteiger partial charge is 0.260 e. The van der Waals surface area contributed by atoms with Crippen LogP contribution in [-0.2, 0) is 0 Å². The lowest BCUT2D eigenvalue weighted by Gasteiger charge is -2.18. The van der Waals surface area contributed by atoms with Crippen molar-refractivity contribution in [3.8, 4) is 0 Å². The van der Waals surface area contributed by atoms with Crippen LogP contribution in [0.25, 0.3) is 0 Å². The average molecular weight is 279 g/mol. The van der Waals surface area contributed by atoms with Crippen molar-refractivity contribution >= 4 is 28.9 Å². The van der Waals surface area contributed by atoms with Crippen molar-refractivity contribution in [2.75, 3.05) is 17.7 Å². The fourth-order valence-corrected chi connectivity index (χ4v) is 1.85. The van der Waals surface area contributed by atoms with Gasteiger partial charge in [0.05, 0.1) is 5.56 Å². The standard InChI is InChI=1S/C14H12ClFN2O/c1-18(11-5-3-10(16)4-6-11)14(19)12-8-9(15)2-7-13(12)17/h2-8H,17H2,1H3. The van der Waals surface area contributed by atoms with Crippen molar-refractivity contribution in [3.05, 3.63) is 58.9 Å². The molecule has 0 saturated heterocycles. The van der Waals surface area contributed by atoms with Crippen LogP contribution in [0.3, 0.4) is 0 Å². The highest BCUT2D eigenvalue weighted by molar-refractivity contribution is 6.31. The molecule has 0 fully saturated rings. The Balaban J connectivity index is 2.33. The van der Waals surface area contributed by atoms with Crippen LogP contribution >= 0.6 is 11.6 Å². The van der Waals surface area contributed by atoms with Crippen LogP contribution < -0.4 is 10.6 Å². The van der Waals surface area contributed by atoms with Crippen molar-refractivity contribution in [2.24, 2.45) is 0 Å². The first-order chi connectivity index (χ1) is 8.99. The number of rotatable bonds is 2. The molecule has 19 heavy (non-hydrogen) atoms. The zero-order valence-electron chi connectivity index (χ0n) is 10.2. The number of nitrogens with zero attached hydrogens (tertiary/aromatic N) is 1. The molecule has 0 radical (unpaired) electrons.